The van der Waals surface area contributed by atoms with E-state index in [1.54, 1.807) is 72.6 Å². The molecule has 1 amide bonds. The number of thioether (sulfide) groups is 1. The lowest BCUT2D eigenvalue weighted by atomic mass is 10.2. The number of carbonyl (C=O) groups excluding carboxylic acids is 1. The topological polar surface area (TPSA) is 88.2 Å². The molecule has 1 aliphatic rings. The summed E-state index contributed by atoms with van der Waals surface area (Å²) in [5, 5.41) is 4.09. The third kappa shape index (κ3) is 5.45. The molecule has 0 spiro atoms. The van der Waals surface area contributed by atoms with Crippen molar-refractivity contribution in [2.24, 2.45) is 0 Å². The molecule has 1 saturated carbocycles. The Morgan fingerprint density at radius 2 is 1.68 bits per heavy atom. The summed E-state index contributed by atoms with van der Waals surface area (Å²) in [4.78, 5) is 17.5. The normalized spacial score (nSPS) is 14.3. The van der Waals surface area contributed by atoms with Crippen molar-refractivity contribution >= 4 is 39.1 Å². The van der Waals surface area contributed by atoms with E-state index in [-0.39, 0.29) is 10.8 Å². The van der Waals surface area contributed by atoms with Gasteiger partial charge in [-0.25, -0.2) is 13.4 Å². The van der Waals surface area contributed by atoms with E-state index in [0.29, 0.717) is 22.2 Å². The number of sulfonamides is 1. The Hall–Kier alpha value is -2.84. The number of aromatic nitrogens is 1. The Morgan fingerprint density at radius 3 is 2.45 bits per heavy atom. The molecule has 3 aromatic rings. The lowest BCUT2D eigenvalue weighted by molar-refractivity contribution is 0.102. The van der Waals surface area contributed by atoms with Crippen LogP contribution in [-0.4, -0.2) is 24.6 Å². The summed E-state index contributed by atoms with van der Waals surface area (Å²) in [5.74, 6) is -0.267. The molecule has 1 fully saturated rings. The maximum Gasteiger partial charge on any atom is 0.261 e. The first-order chi connectivity index (χ1) is 15.0. The van der Waals surface area contributed by atoms with Gasteiger partial charge < -0.3 is 5.32 Å². The fraction of sp³-hybridized carbons (Fsp3) is 0.217. The van der Waals surface area contributed by atoms with Crippen LogP contribution < -0.4 is 10.0 Å². The van der Waals surface area contributed by atoms with E-state index in [9.17, 15) is 13.2 Å². The van der Waals surface area contributed by atoms with Crippen molar-refractivity contribution in [1.82, 2.24) is 4.98 Å². The van der Waals surface area contributed by atoms with E-state index >= 15 is 0 Å². The number of benzene rings is 2. The average molecular weight is 454 g/mol. The van der Waals surface area contributed by atoms with E-state index < -0.39 is 10.0 Å². The number of hydrogen-bond donors (Lipinski definition) is 2. The van der Waals surface area contributed by atoms with Gasteiger partial charge in [0.2, 0.25) is 0 Å². The Morgan fingerprint density at radius 1 is 0.935 bits per heavy atom. The smallest absolute Gasteiger partial charge is 0.261 e. The minimum atomic E-state index is -3.71. The lowest BCUT2D eigenvalue weighted by Crippen LogP contribution is -2.15. The van der Waals surface area contributed by atoms with E-state index in [1.165, 1.54) is 25.0 Å². The van der Waals surface area contributed by atoms with Crippen LogP contribution in [0, 0.1) is 0 Å². The molecule has 0 bridgehead atoms. The molecule has 0 atom stereocenters. The molecule has 8 heteroatoms. The summed E-state index contributed by atoms with van der Waals surface area (Å²) in [6.45, 7) is 0. The predicted octanol–water partition coefficient (Wildman–Crippen LogP) is 5.17. The molecular weight excluding hydrogens is 430 g/mol. The first-order valence-corrected chi connectivity index (χ1v) is 12.5. The third-order valence-corrected chi connectivity index (χ3v) is 7.77. The highest BCUT2D eigenvalue weighted by Gasteiger charge is 2.21. The summed E-state index contributed by atoms with van der Waals surface area (Å²) < 4.78 is 27.7. The SMILES string of the molecule is O=C(Nc1cccc(NS(=O)(=O)c2ccccc2)c1)c1cccnc1SC1CCCC1. The summed E-state index contributed by atoms with van der Waals surface area (Å²) in [7, 11) is -3.71. The minimum Gasteiger partial charge on any atom is -0.322 e. The van der Waals surface area contributed by atoms with Crippen LogP contribution in [0.3, 0.4) is 0 Å². The highest BCUT2D eigenvalue weighted by atomic mass is 32.2. The lowest BCUT2D eigenvalue weighted by Gasteiger charge is -2.13. The molecule has 160 valence electrons. The molecule has 6 nitrogen and oxygen atoms in total. The monoisotopic (exact) mass is 453 g/mol. The molecule has 4 rings (SSSR count). The van der Waals surface area contributed by atoms with E-state index in [2.05, 4.69) is 15.0 Å². The fourth-order valence-electron chi connectivity index (χ4n) is 3.49. The van der Waals surface area contributed by atoms with Crippen molar-refractivity contribution in [3.05, 3.63) is 78.5 Å². The van der Waals surface area contributed by atoms with Crippen LogP contribution in [0.1, 0.15) is 36.0 Å². The highest BCUT2D eigenvalue weighted by molar-refractivity contribution is 8.00. The molecule has 31 heavy (non-hydrogen) atoms. The van der Waals surface area contributed by atoms with Gasteiger partial charge in [-0.3, -0.25) is 9.52 Å². The van der Waals surface area contributed by atoms with Gasteiger partial charge in [0.25, 0.3) is 15.9 Å². The summed E-state index contributed by atoms with van der Waals surface area (Å²) in [5.41, 5.74) is 1.39. The van der Waals surface area contributed by atoms with Crippen molar-refractivity contribution in [3.8, 4) is 0 Å². The Bertz CT molecular complexity index is 1160. The van der Waals surface area contributed by atoms with Gasteiger partial charge in [0.1, 0.15) is 5.03 Å². The van der Waals surface area contributed by atoms with Gasteiger partial charge in [0.15, 0.2) is 0 Å². The van der Waals surface area contributed by atoms with E-state index in [4.69, 9.17) is 0 Å². The molecular formula is C23H23N3O3S2. The number of carbonyl (C=O) groups is 1. The number of amides is 1. The van der Waals surface area contributed by atoms with E-state index in [0.717, 1.165) is 17.9 Å². The molecule has 0 unspecified atom stereocenters. The average Bonchev–Trinajstić information content (AvgIpc) is 3.28. The molecule has 0 radical (unpaired) electrons. The maximum atomic E-state index is 12.9. The van der Waals surface area contributed by atoms with Gasteiger partial charge in [-0.15, -0.1) is 11.8 Å². The number of anilines is 2. The third-order valence-electron chi connectivity index (χ3n) is 5.02. The molecule has 2 N–H and O–H groups in total. The Balaban J connectivity index is 1.49. The first kappa shape index (κ1) is 21.4. The highest BCUT2D eigenvalue weighted by Crippen LogP contribution is 2.35. The number of rotatable bonds is 7. The quantitative estimate of drug-likeness (QED) is 0.515. The number of nitrogens with zero attached hydrogens (tertiary/aromatic N) is 1. The maximum absolute atomic E-state index is 12.9. The van der Waals surface area contributed by atoms with Crippen LogP contribution in [-0.2, 0) is 10.0 Å². The van der Waals surface area contributed by atoms with Gasteiger partial charge in [-0.1, -0.05) is 37.1 Å². The Kier molecular flexibility index (Phi) is 6.58. The second-order valence-electron chi connectivity index (χ2n) is 7.33. The summed E-state index contributed by atoms with van der Waals surface area (Å²) in [6.07, 6.45) is 6.43. The predicted molar refractivity (Wildman–Crippen MR) is 124 cm³/mol. The van der Waals surface area contributed by atoms with Crippen LogP contribution in [0.4, 0.5) is 11.4 Å². The standard InChI is InChI=1S/C23H23N3O3S2/c27-22(21-14-7-15-24-23(21)30-19-10-4-5-11-19)25-17-8-6-9-18(16-17)26-31(28,29)20-12-2-1-3-13-20/h1-3,6-9,12-16,19,26H,4-5,10-11H2,(H,25,27). The number of pyridine rings is 1. The first-order valence-electron chi connectivity index (χ1n) is 10.1. The van der Waals surface area contributed by atoms with Gasteiger partial charge >= 0.3 is 0 Å². The van der Waals surface area contributed by atoms with Gasteiger partial charge in [0.05, 0.1) is 16.1 Å². The van der Waals surface area contributed by atoms with Crippen LogP contribution >= 0.6 is 11.8 Å². The molecule has 1 aromatic heterocycles. The van der Waals surface area contributed by atoms with Crippen LogP contribution in [0.15, 0.2) is 82.8 Å². The zero-order valence-electron chi connectivity index (χ0n) is 16.8. The van der Waals surface area contributed by atoms with Crippen LogP contribution in [0.5, 0.6) is 0 Å². The summed E-state index contributed by atoms with van der Waals surface area (Å²) >= 11 is 1.66. The van der Waals surface area contributed by atoms with E-state index in [1.807, 2.05) is 0 Å². The van der Waals surface area contributed by atoms with Crippen molar-refractivity contribution in [2.75, 3.05) is 10.0 Å². The summed E-state index contributed by atoms with van der Waals surface area (Å²) in [6, 6.07) is 18.3. The molecule has 0 saturated heterocycles. The fourth-order valence-corrected chi connectivity index (χ4v) is 5.86. The number of hydrogen-bond acceptors (Lipinski definition) is 5. The number of nitrogens with one attached hydrogen (secondary N) is 2. The zero-order chi connectivity index (χ0) is 21.7. The van der Waals surface area contributed by atoms with Crippen molar-refractivity contribution in [3.63, 3.8) is 0 Å². The van der Waals surface area contributed by atoms with Gasteiger partial charge in [-0.05, 0) is 55.3 Å². The van der Waals surface area contributed by atoms with Crippen LogP contribution in [0.2, 0.25) is 0 Å². The second kappa shape index (κ2) is 9.53. The van der Waals surface area contributed by atoms with Crippen molar-refractivity contribution in [1.29, 1.82) is 0 Å². The van der Waals surface area contributed by atoms with Gasteiger partial charge in [-0.2, -0.15) is 0 Å². The zero-order valence-corrected chi connectivity index (χ0v) is 18.5. The van der Waals surface area contributed by atoms with Gasteiger partial charge in [0, 0.05) is 17.1 Å². The molecule has 0 aliphatic heterocycles. The van der Waals surface area contributed by atoms with Crippen LogP contribution in [0.25, 0.3) is 0 Å². The molecule has 1 aliphatic carbocycles. The largest absolute Gasteiger partial charge is 0.322 e. The van der Waals surface area contributed by atoms with Crippen molar-refractivity contribution in [2.45, 2.75) is 40.9 Å². The molecule has 2 aromatic carbocycles. The minimum absolute atomic E-state index is 0.174. The molecule has 1 heterocycles. The Labute approximate surface area is 186 Å². The second-order valence-corrected chi connectivity index (χ2v) is 10.3. The van der Waals surface area contributed by atoms with Crippen molar-refractivity contribution < 1.29 is 13.2 Å².